The van der Waals surface area contributed by atoms with Gasteiger partial charge in [0.2, 0.25) is 10.0 Å². The Morgan fingerprint density at radius 3 is 2.53 bits per heavy atom. The number of hydrogen-bond donors (Lipinski definition) is 1. The smallest absolute Gasteiger partial charge is 0.309 e. The molecule has 202 valence electrons. The fourth-order valence-corrected chi connectivity index (χ4v) is 7.15. The summed E-state index contributed by atoms with van der Waals surface area (Å²) >= 11 is 0. The Hall–Kier alpha value is -3.24. The summed E-state index contributed by atoms with van der Waals surface area (Å²) in [5, 5.41) is 14.7. The highest BCUT2D eigenvalue weighted by molar-refractivity contribution is 7.89. The molecule has 1 aliphatic heterocycles. The summed E-state index contributed by atoms with van der Waals surface area (Å²) in [4.78, 5) is 11.7. The third-order valence-electron chi connectivity index (χ3n) is 7.46. The van der Waals surface area contributed by atoms with E-state index in [0.29, 0.717) is 34.3 Å². The summed E-state index contributed by atoms with van der Waals surface area (Å²) in [7, 11) is -3.88. The molecule has 2 aliphatic rings. The van der Waals surface area contributed by atoms with Crippen molar-refractivity contribution in [1.29, 1.82) is 0 Å². The van der Waals surface area contributed by atoms with E-state index in [9.17, 15) is 18.3 Å². The minimum Gasteiger partial charge on any atom is -0.491 e. The Morgan fingerprint density at radius 1 is 1.24 bits per heavy atom. The fraction of sp³-hybridized carbons (Fsp3) is 0.429. The van der Waals surface area contributed by atoms with Crippen LogP contribution in [-0.2, 0) is 21.2 Å². The highest BCUT2D eigenvalue weighted by Crippen LogP contribution is 2.44. The number of fused-ring (bicyclic) bond motifs is 1. The van der Waals surface area contributed by atoms with Crippen LogP contribution in [0, 0.1) is 5.82 Å². The molecular formula is C28H32FN3O5S. The predicted molar refractivity (Wildman–Crippen MR) is 141 cm³/mol. The maximum Gasteiger partial charge on any atom is 0.309 e. The second kappa shape index (κ2) is 10.1. The number of aromatic nitrogens is 2. The minimum absolute atomic E-state index is 0.0356. The Kier molecular flexibility index (Phi) is 7.04. The van der Waals surface area contributed by atoms with Crippen LogP contribution in [0.4, 0.5) is 4.39 Å². The Morgan fingerprint density at radius 2 is 1.95 bits per heavy atom. The molecule has 1 saturated heterocycles. The zero-order chi connectivity index (χ0) is 27.2. The van der Waals surface area contributed by atoms with Gasteiger partial charge >= 0.3 is 5.97 Å². The van der Waals surface area contributed by atoms with Gasteiger partial charge in [-0.3, -0.25) is 9.48 Å². The summed E-state index contributed by atoms with van der Waals surface area (Å²) in [5.74, 6) is -0.750. The highest BCUT2D eigenvalue weighted by Gasteiger charge is 2.41. The van der Waals surface area contributed by atoms with Crippen molar-refractivity contribution in [1.82, 2.24) is 14.1 Å². The number of nitrogens with zero attached hydrogens (tertiary/aromatic N) is 3. The van der Waals surface area contributed by atoms with E-state index in [4.69, 9.17) is 4.74 Å². The maximum absolute atomic E-state index is 15.2. The van der Waals surface area contributed by atoms with Gasteiger partial charge in [-0.2, -0.15) is 9.40 Å². The monoisotopic (exact) mass is 541 g/mol. The molecule has 3 aromatic rings. The molecule has 1 aromatic heterocycles. The Bertz CT molecular complexity index is 1480. The van der Waals surface area contributed by atoms with E-state index < -0.39 is 28.1 Å². The van der Waals surface area contributed by atoms with E-state index >= 15 is 4.39 Å². The number of carboxylic acids is 1. The molecule has 0 unspecified atom stereocenters. The van der Waals surface area contributed by atoms with Gasteiger partial charge in [-0.1, -0.05) is 12.5 Å². The van der Waals surface area contributed by atoms with Crippen LogP contribution in [0.1, 0.15) is 62.7 Å². The van der Waals surface area contributed by atoms with E-state index in [1.165, 1.54) is 22.5 Å². The number of hydrogen-bond acceptors (Lipinski definition) is 5. The van der Waals surface area contributed by atoms with Crippen LogP contribution in [0.5, 0.6) is 5.75 Å². The average molecular weight is 542 g/mol. The lowest BCUT2D eigenvalue weighted by Gasteiger charge is -2.28. The van der Waals surface area contributed by atoms with Crippen molar-refractivity contribution in [2.45, 2.75) is 75.0 Å². The van der Waals surface area contributed by atoms with Crippen molar-refractivity contribution in [3.63, 3.8) is 0 Å². The molecule has 1 saturated carbocycles. The van der Waals surface area contributed by atoms with Gasteiger partial charge in [0.05, 0.1) is 34.7 Å². The zero-order valence-corrected chi connectivity index (χ0v) is 22.3. The lowest BCUT2D eigenvalue weighted by molar-refractivity contribution is -0.136. The molecule has 0 spiro atoms. The van der Waals surface area contributed by atoms with Gasteiger partial charge in [-0.15, -0.1) is 6.58 Å². The first-order chi connectivity index (χ1) is 18.1. The van der Waals surface area contributed by atoms with Crippen molar-refractivity contribution in [3.8, 4) is 5.75 Å². The summed E-state index contributed by atoms with van der Waals surface area (Å²) in [6.07, 6.45) is 4.37. The van der Waals surface area contributed by atoms with Crippen LogP contribution in [0.3, 0.4) is 0 Å². The van der Waals surface area contributed by atoms with E-state index in [-0.39, 0.29) is 35.7 Å². The van der Waals surface area contributed by atoms with Crippen molar-refractivity contribution in [3.05, 3.63) is 66.1 Å². The second-order valence-electron chi connectivity index (χ2n) is 10.4. The standard InChI is InChI=1S/C28H32FN3O5S/c1-4-19-14-20(16-31(19)38(35,36)22-10-8-21(9-11-22)37-17(2)3)32-28-23(25(30-32)15-26(33)34)12-13-24(29)27(28)18-6-5-7-18/h4,8-13,17-20H,1,5-7,14-16H2,2-3H3,(H,33,34)/t19-,20+/m0/s1. The molecule has 0 amide bonds. The number of ether oxygens (including phenoxy) is 1. The predicted octanol–water partition coefficient (Wildman–Crippen LogP) is 5.05. The average Bonchev–Trinajstić information content (AvgIpc) is 3.41. The lowest BCUT2D eigenvalue weighted by Crippen LogP contribution is -2.34. The molecule has 2 fully saturated rings. The molecule has 2 heterocycles. The second-order valence-corrected chi connectivity index (χ2v) is 12.2. The highest BCUT2D eigenvalue weighted by atomic mass is 32.2. The number of carbonyl (C=O) groups is 1. The molecule has 0 radical (unpaired) electrons. The number of halogens is 1. The van der Waals surface area contributed by atoms with Crippen molar-refractivity contribution >= 4 is 26.9 Å². The van der Waals surface area contributed by atoms with Crippen LogP contribution < -0.4 is 4.74 Å². The topological polar surface area (TPSA) is 102 Å². The molecule has 5 rings (SSSR count). The fourth-order valence-electron chi connectivity index (χ4n) is 5.50. The largest absolute Gasteiger partial charge is 0.491 e. The number of carboxylic acid groups (broad SMARTS) is 1. The van der Waals surface area contributed by atoms with Crippen LogP contribution in [0.25, 0.3) is 10.9 Å². The van der Waals surface area contributed by atoms with Gasteiger partial charge in [0.15, 0.2) is 0 Å². The quantitative estimate of drug-likeness (QED) is 0.381. The van der Waals surface area contributed by atoms with Crippen molar-refractivity contribution < 1.29 is 27.4 Å². The molecule has 0 bridgehead atoms. The molecule has 10 heteroatoms. The summed E-state index contributed by atoms with van der Waals surface area (Å²) in [6, 6.07) is 8.38. The molecule has 1 N–H and O–H groups in total. The van der Waals surface area contributed by atoms with Gasteiger partial charge in [0, 0.05) is 23.5 Å². The van der Waals surface area contributed by atoms with Crippen LogP contribution in [0.2, 0.25) is 0 Å². The van der Waals surface area contributed by atoms with Gasteiger partial charge in [0.25, 0.3) is 0 Å². The van der Waals surface area contributed by atoms with E-state index in [2.05, 4.69) is 11.7 Å². The number of benzene rings is 2. The molecule has 8 nitrogen and oxygen atoms in total. The first kappa shape index (κ1) is 26.4. The summed E-state index contributed by atoms with van der Waals surface area (Å²) in [6.45, 7) is 7.77. The molecule has 2 atom stereocenters. The maximum atomic E-state index is 15.2. The third kappa shape index (κ3) is 4.71. The minimum atomic E-state index is -3.88. The molecule has 38 heavy (non-hydrogen) atoms. The molecule has 2 aromatic carbocycles. The lowest BCUT2D eigenvalue weighted by atomic mass is 9.79. The molecular weight excluding hydrogens is 509 g/mol. The van der Waals surface area contributed by atoms with Gasteiger partial charge in [0.1, 0.15) is 11.6 Å². The first-order valence-corrected chi connectivity index (χ1v) is 14.4. The van der Waals surface area contributed by atoms with Crippen LogP contribution >= 0.6 is 0 Å². The van der Waals surface area contributed by atoms with E-state index in [1.807, 2.05) is 13.8 Å². The number of aliphatic carboxylic acids is 1. The Balaban J connectivity index is 1.54. The first-order valence-electron chi connectivity index (χ1n) is 12.9. The number of rotatable bonds is 9. The summed E-state index contributed by atoms with van der Waals surface area (Å²) in [5.41, 5.74) is 1.48. The van der Waals surface area contributed by atoms with Gasteiger partial charge in [-0.25, -0.2) is 12.8 Å². The Labute approximate surface area is 221 Å². The van der Waals surface area contributed by atoms with Crippen molar-refractivity contribution in [2.24, 2.45) is 0 Å². The summed E-state index contributed by atoms with van der Waals surface area (Å²) < 4.78 is 51.3. The van der Waals surface area contributed by atoms with Crippen LogP contribution in [-0.4, -0.2) is 52.3 Å². The van der Waals surface area contributed by atoms with Crippen molar-refractivity contribution in [2.75, 3.05) is 6.54 Å². The van der Waals surface area contributed by atoms with Gasteiger partial charge < -0.3 is 9.84 Å². The van der Waals surface area contributed by atoms with Gasteiger partial charge in [-0.05, 0) is 75.4 Å². The van der Waals surface area contributed by atoms with Crippen LogP contribution in [0.15, 0.2) is 53.9 Å². The third-order valence-corrected chi connectivity index (χ3v) is 9.36. The molecule has 1 aliphatic carbocycles. The normalized spacial score (nSPS) is 20.6. The number of sulfonamides is 1. The van der Waals surface area contributed by atoms with E-state index in [1.54, 1.807) is 29.0 Å². The van der Waals surface area contributed by atoms with E-state index in [0.717, 1.165) is 19.3 Å². The SMILES string of the molecule is C=C[C@H]1C[C@@H](n2nc(CC(=O)O)c3ccc(F)c(C4CCC4)c32)CN1S(=O)(=O)c1ccc(OC(C)C)cc1. The zero-order valence-electron chi connectivity index (χ0n) is 21.5.